The van der Waals surface area contributed by atoms with E-state index >= 15 is 0 Å². The van der Waals surface area contributed by atoms with Crippen molar-refractivity contribution in [3.8, 4) is 0 Å². The van der Waals surface area contributed by atoms with Crippen LogP contribution in [0.5, 0.6) is 0 Å². The molecule has 0 aromatic carbocycles. The molecule has 0 amide bonds. The van der Waals surface area contributed by atoms with Crippen molar-refractivity contribution < 1.29 is 66.9 Å². The lowest BCUT2D eigenvalue weighted by Crippen LogP contribution is -2.71. The van der Waals surface area contributed by atoms with Gasteiger partial charge in [0.2, 0.25) is 0 Å². The predicted octanol–water partition coefficient (Wildman–Crippen LogP) is 4.47. The van der Waals surface area contributed by atoms with E-state index in [1.54, 1.807) is 0 Å². The van der Waals surface area contributed by atoms with E-state index in [-0.39, 0.29) is 0 Å². The first-order valence-electron chi connectivity index (χ1n) is 6.52. The van der Waals surface area contributed by atoms with Crippen molar-refractivity contribution in [2.45, 2.75) is 54.9 Å². The van der Waals surface area contributed by atoms with Gasteiger partial charge in [-0.25, -0.2) is 0 Å². The highest BCUT2D eigenvalue weighted by atomic mass is 19.4. The summed E-state index contributed by atoms with van der Waals surface area (Å²) in [5.74, 6) is -40.5. The Bertz CT molecular complexity index is 513. The second-order valence-electron chi connectivity index (χ2n) is 5.43. The summed E-state index contributed by atoms with van der Waals surface area (Å²) < 4.78 is 172. The summed E-state index contributed by atoms with van der Waals surface area (Å²) in [6, 6.07) is 0. The van der Waals surface area contributed by atoms with Crippen LogP contribution < -0.4 is 0 Å². The lowest BCUT2D eigenvalue weighted by atomic mass is 9.84. The van der Waals surface area contributed by atoms with Gasteiger partial charge in [0, 0.05) is 6.61 Å². The third-order valence-corrected chi connectivity index (χ3v) is 3.72. The Balaban J connectivity index is 3.43. The van der Waals surface area contributed by atoms with Crippen molar-refractivity contribution in [3.05, 3.63) is 0 Å². The first kappa shape index (κ1) is 23.0. The highest BCUT2D eigenvalue weighted by Crippen LogP contribution is 2.61. The first-order valence-corrected chi connectivity index (χ1v) is 6.52. The van der Waals surface area contributed by atoms with Gasteiger partial charge in [0.15, 0.2) is 6.29 Å². The topological polar surface area (TPSA) is 29.5 Å². The van der Waals surface area contributed by atoms with E-state index in [4.69, 9.17) is 5.11 Å². The summed E-state index contributed by atoms with van der Waals surface area (Å²) in [5.41, 5.74) is 0. The molecule has 0 aromatic heterocycles. The van der Waals surface area contributed by atoms with Crippen LogP contribution in [0, 0.1) is 5.92 Å². The van der Waals surface area contributed by atoms with Crippen LogP contribution in [0.4, 0.5) is 57.1 Å². The van der Waals surface area contributed by atoms with E-state index in [0.717, 1.165) is 0 Å². The predicted molar refractivity (Wildman–Crippen MR) is 55.5 cm³/mol. The number of hydrogen-bond donors (Lipinski definition) is 1. The van der Waals surface area contributed by atoms with Crippen molar-refractivity contribution >= 4 is 0 Å². The van der Waals surface area contributed by atoms with Crippen LogP contribution in [0.1, 0.15) is 12.8 Å². The zero-order chi connectivity index (χ0) is 21.0. The molecule has 1 N–H and O–H groups in total. The smallest absolute Gasteiger partial charge is 0.367 e. The lowest BCUT2D eigenvalue weighted by Gasteiger charge is -2.43. The largest absolute Gasteiger partial charge is 0.460 e. The molecule has 15 heteroatoms. The number of aliphatic hydroxyl groups is 1. The molecule has 1 aliphatic heterocycles. The molecule has 1 fully saturated rings. The average molecular weight is 420 g/mol. The molecule has 1 saturated heterocycles. The molecule has 0 radical (unpaired) electrons. The van der Waals surface area contributed by atoms with Crippen molar-refractivity contribution in [2.75, 3.05) is 6.61 Å². The molecule has 0 saturated carbocycles. The molecule has 0 unspecified atom stereocenters. The van der Waals surface area contributed by atoms with Gasteiger partial charge in [0.05, 0.1) is 5.92 Å². The average Bonchev–Trinajstić information content (AvgIpc) is 2.45. The van der Waals surface area contributed by atoms with Gasteiger partial charge in [-0.3, -0.25) is 0 Å². The Morgan fingerprint density at radius 2 is 1.08 bits per heavy atom. The molecule has 2 nitrogen and oxygen atoms in total. The molecule has 1 heterocycles. The number of rotatable bonds is 5. The van der Waals surface area contributed by atoms with Crippen LogP contribution >= 0.6 is 0 Å². The fourth-order valence-corrected chi connectivity index (χ4v) is 2.14. The van der Waals surface area contributed by atoms with Gasteiger partial charge >= 0.3 is 35.8 Å². The number of hydrogen-bond acceptors (Lipinski definition) is 2. The van der Waals surface area contributed by atoms with Crippen LogP contribution in [0.15, 0.2) is 0 Å². The summed E-state index contributed by atoms with van der Waals surface area (Å²) in [6.45, 7) is -0.502. The van der Waals surface area contributed by atoms with Gasteiger partial charge in [-0.05, 0) is 12.8 Å². The molecule has 156 valence electrons. The standard InChI is InChI=1S/C11H9F13O2/c12-6(13,4-2-1-3-26-5(4)25)7(14,15)8(16,17)9(18,19)10(20,21)11(22,23)24/h4-5,25H,1-3H2/t4-,5-/m1/s1. The van der Waals surface area contributed by atoms with Crippen LogP contribution in [0.2, 0.25) is 0 Å². The second-order valence-corrected chi connectivity index (χ2v) is 5.43. The summed E-state index contributed by atoms with van der Waals surface area (Å²) in [6.07, 6.45) is -12.0. The molecule has 26 heavy (non-hydrogen) atoms. The molecule has 0 aromatic rings. The van der Waals surface area contributed by atoms with Crippen molar-refractivity contribution in [2.24, 2.45) is 5.92 Å². The Morgan fingerprint density at radius 1 is 0.654 bits per heavy atom. The number of aliphatic hydroxyl groups excluding tert-OH is 1. The van der Waals surface area contributed by atoms with Gasteiger partial charge in [-0.1, -0.05) is 0 Å². The maximum absolute atomic E-state index is 13.7. The van der Waals surface area contributed by atoms with Crippen molar-refractivity contribution in [1.29, 1.82) is 0 Å². The van der Waals surface area contributed by atoms with Gasteiger partial charge in [0.25, 0.3) is 0 Å². The zero-order valence-electron chi connectivity index (χ0n) is 12.0. The normalized spacial score (nSPS) is 24.7. The summed E-state index contributed by atoms with van der Waals surface area (Å²) >= 11 is 0. The minimum absolute atomic E-state index is 0.502. The molecule has 0 aliphatic carbocycles. The lowest BCUT2D eigenvalue weighted by molar-refractivity contribution is -0.447. The Morgan fingerprint density at radius 3 is 1.46 bits per heavy atom. The monoisotopic (exact) mass is 420 g/mol. The molecular formula is C11H9F13O2. The maximum Gasteiger partial charge on any atom is 0.460 e. The fraction of sp³-hybridized carbons (Fsp3) is 1.00. The molecule has 0 bridgehead atoms. The van der Waals surface area contributed by atoms with Crippen LogP contribution in [-0.2, 0) is 4.74 Å². The minimum Gasteiger partial charge on any atom is -0.367 e. The number of alkyl halides is 13. The third kappa shape index (κ3) is 2.99. The first-order chi connectivity index (χ1) is 11.3. The van der Waals surface area contributed by atoms with Crippen molar-refractivity contribution in [3.63, 3.8) is 0 Å². The summed E-state index contributed by atoms with van der Waals surface area (Å²) in [4.78, 5) is 0. The van der Waals surface area contributed by atoms with Crippen LogP contribution in [0.25, 0.3) is 0 Å². The molecule has 2 atom stereocenters. The van der Waals surface area contributed by atoms with Crippen molar-refractivity contribution in [1.82, 2.24) is 0 Å². The second kappa shape index (κ2) is 6.27. The molecular weight excluding hydrogens is 411 g/mol. The molecule has 1 aliphatic rings. The van der Waals surface area contributed by atoms with Gasteiger partial charge in [0.1, 0.15) is 0 Å². The van der Waals surface area contributed by atoms with Crippen LogP contribution in [0.3, 0.4) is 0 Å². The zero-order valence-corrected chi connectivity index (χ0v) is 12.0. The highest BCUT2D eigenvalue weighted by molar-refractivity contribution is 5.11. The quantitative estimate of drug-likeness (QED) is 0.666. The molecule has 1 rings (SSSR count). The van der Waals surface area contributed by atoms with Gasteiger partial charge in [-0.15, -0.1) is 0 Å². The Hall–Kier alpha value is -0.990. The van der Waals surface area contributed by atoms with E-state index in [0.29, 0.717) is 0 Å². The van der Waals surface area contributed by atoms with E-state index in [9.17, 15) is 57.1 Å². The summed E-state index contributed by atoms with van der Waals surface area (Å²) in [7, 11) is 0. The van der Waals surface area contributed by atoms with E-state index in [1.165, 1.54) is 0 Å². The Labute approximate surface area is 135 Å². The minimum atomic E-state index is -7.94. The highest BCUT2D eigenvalue weighted by Gasteiger charge is 2.91. The van der Waals surface area contributed by atoms with Gasteiger partial charge in [-0.2, -0.15) is 57.1 Å². The van der Waals surface area contributed by atoms with E-state index in [2.05, 4.69) is 4.74 Å². The third-order valence-electron chi connectivity index (χ3n) is 3.72. The summed E-state index contributed by atoms with van der Waals surface area (Å²) in [5, 5.41) is 9.03. The fourth-order valence-electron chi connectivity index (χ4n) is 2.14. The van der Waals surface area contributed by atoms with E-state index in [1.807, 2.05) is 0 Å². The van der Waals surface area contributed by atoms with Gasteiger partial charge < -0.3 is 9.84 Å². The number of ether oxygens (including phenoxy) is 1. The SMILES string of the molecule is O[C@@H]1OCCC[C@H]1C(F)(F)C(F)(F)C(F)(F)C(F)(F)C(F)(F)C(F)(F)F. The maximum atomic E-state index is 13.7. The van der Waals surface area contributed by atoms with E-state index < -0.39 is 67.4 Å². The van der Waals surface area contributed by atoms with Crippen LogP contribution in [-0.4, -0.2) is 53.8 Å². The number of halogens is 13. The molecule has 0 spiro atoms. The Kier molecular flexibility index (Phi) is 5.56.